The normalized spacial score (nSPS) is 10.5. The van der Waals surface area contributed by atoms with Crippen LogP contribution in [0.4, 0.5) is 0 Å². The fraction of sp³-hybridized carbons (Fsp3) is 0. The van der Waals surface area contributed by atoms with Gasteiger partial charge >= 0.3 is 29.6 Å². The molecule has 0 radical (unpaired) electrons. The molecule has 0 bridgehead atoms. The third-order valence-electron chi connectivity index (χ3n) is 1.14. The molecule has 60 valence electrons. The molecule has 3 nitrogen and oxygen atoms in total. The van der Waals surface area contributed by atoms with Crippen LogP contribution in [0.5, 0.6) is 0 Å². The third kappa shape index (κ3) is 3.43. The molecule has 1 aromatic carbocycles. The second-order valence-corrected chi connectivity index (χ2v) is 4.00. The minimum atomic E-state index is -3.58. The Hall–Kier alpha value is 0.420. The Morgan fingerprint density at radius 1 is 1.17 bits per heavy atom. The average molecular weight is 215 g/mol. The van der Waals surface area contributed by atoms with Crippen LogP contribution in [0.15, 0.2) is 29.2 Å². The largest absolute Gasteiger partial charge is 1.00 e. The van der Waals surface area contributed by atoms with Crippen LogP contribution >= 0.6 is 11.6 Å². The Balaban J connectivity index is 0.00000121. The first-order valence-electron chi connectivity index (χ1n) is 2.78. The maximum atomic E-state index is 10.7. The van der Waals surface area contributed by atoms with Gasteiger partial charge in [0, 0.05) is 5.02 Å². The van der Waals surface area contributed by atoms with E-state index in [1.165, 1.54) is 24.3 Å². The molecule has 0 fully saturated rings. The van der Waals surface area contributed by atoms with Crippen molar-refractivity contribution in [2.45, 2.75) is 4.90 Å². The summed E-state index contributed by atoms with van der Waals surface area (Å²) in [6.45, 7) is 0. The molecule has 0 spiro atoms. The molecule has 0 saturated carbocycles. The molecular weight excluding hydrogens is 209 g/mol. The SMILES string of the molecule is NS(=O)(=O)c1ccc(Cl)cc1.[Na+]. The number of primary sulfonamides is 1. The first-order chi connectivity index (χ1) is 5.00. The zero-order valence-electron chi connectivity index (χ0n) is 6.49. The van der Waals surface area contributed by atoms with Crippen molar-refractivity contribution < 1.29 is 38.0 Å². The quantitative estimate of drug-likeness (QED) is 0.550. The second-order valence-electron chi connectivity index (χ2n) is 2.00. The van der Waals surface area contributed by atoms with Crippen LogP contribution in [0, 0.1) is 0 Å². The van der Waals surface area contributed by atoms with Crippen molar-refractivity contribution in [3.8, 4) is 0 Å². The summed E-state index contributed by atoms with van der Waals surface area (Å²) in [4.78, 5) is 0.0712. The van der Waals surface area contributed by atoms with Crippen molar-refractivity contribution in [2.75, 3.05) is 0 Å². The average Bonchev–Trinajstić information content (AvgIpc) is 1.86. The Bertz CT molecular complexity index is 348. The maximum Gasteiger partial charge on any atom is 1.00 e. The summed E-state index contributed by atoms with van der Waals surface area (Å²) < 4.78 is 21.4. The summed E-state index contributed by atoms with van der Waals surface area (Å²) in [5.41, 5.74) is 0. The van der Waals surface area contributed by atoms with Gasteiger partial charge in [0.1, 0.15) is 0 Å². The van der Waals surface area contributed by atoms with Gasteiger partial charge in [0.25, 0.3) is 0 Å². The van der Waals surface area contributed by atoms with Crippen molar-refractivity contribution in [1.29, 1.82) is 0 Å². The molecule has 6 heteroatoms. The number of halogens is 1. The first kappa shape index (κ1) is 12.4. The molecule has 0 aliphatic rings. The van der Waals surface area contributed by atoms with Gasteiger partial charge in [-0.2, -0.15) is 0 Å². The van der Waals surface area contributed by atoms with Crippen molar-refractivity contribution >= 4 is 21.6 Å². The minimum Gasteiger partial charge on any atom is -0.225 e. The van der Waals surface area contributed by atoms with E-state index in [4.69, 9.17) is 16.7 Å². The van der Waals surface area contributed by atoms with Crippen molar-refractivity contribution in [3.05, 3.63) is 29.3 Å². The molecule has 0 aliphatic heterocycles. The van der Waals surface area contributed by atoms with E-state index in [2.05, 4.69) is 0 Å². The van der Waals surface area contributed by atoms with Crippen LogP contribution in [0.1, 0.15) is 0 Å². The summed E-state index contributed by atoms with van der Waals surface area (Å²) in [5, 5.41) is 5.32. The van der Waals surface area contributed by atoms with Gasteiger partial charge in [0.15, 0.2) is 0 Å². The molecule has 1 aromatic rings. The second kappa shape index (κ2) is 4.60. The number of sulfonamides is 1. The molecular formula is C6H6ClNNaO2S+. The molecule has 0 aromatic heterocycles. The van der Waals surface area contributed by atoms with Gasteiger partial charge in [0.2, 0.25) is 10.0 Å². The summed E-state index contributed by atoms with van der Waals surface area (Å²) in [6, 6.07) is 5.66. The maximum absolute atomic E-state index is 10.7. The molecule has 12 heavy (non-hydrogen) atoms. The summed E-state index contributed by atoms with van der Waals surface area (Å²) in [7, 11) is -3.58. The van der Waals surface area contributed by atoms with E-state index in [1.807, 2.05) is 0 Å². The molecule has 1 rings (SSSR count). The fourth-order valence-electron chi connectivity index (χ4n) is 0.624. The standard InChI is InChI=1S/C6H6ClNO2S.Na/c7-5-1-3-6(4-2-5)11(8,9)10;/h1-4H,(H2,8,9,10);/q;+1. The van der Waals surface area contributed by atoms with Gasteiger partial charge in [-0.3, -0.25) is 0 Å². The smallest absolute Gasteiger partial charge is 0.225 e. The molecule has 2 N–H and O–H groups in total. The predicted octanol–water partition coefficient (Wildman–Crippen LogP) is -2.01. The molecule has 0 heterocycles. The summed E-state index contributed by atoms with van der Waals surface area (Å²) >= 11 is 5.53. The van der Waals surface area contributed by atoms with Crippen LogP contribution in [0.3, 0.4) is 0 Å². The van der Waals surface area contributed by atoms with Crippen molar-refractivity contribution in [3.63, 3.8) is 0 Å². The van der Waals surface area contributed by atoms with Gasteiger partial charge in [-0.15, -0.1) is 0 Å². The van der Waals surface area contributed by atoms with E-state index < -0.39 is 10.0 Å². The van der Waals surface area contributed by atoms with Crippen LogP contribution in [-0.2, 0) is 10.0 Å². The predicted molar refractivity (Wildman–Crippen MR) is 42.8 cm³/mol. The van der Waals surface area contributed by atoms with E-state index in [-0.39, 0.29) is 34.5 Å². The van der Waals surface area contributed by atoms with Gasteiger partial charge in [-0.1, -0.05) is 11.6 Å². The fourth-order valence-corrected chi connectivity index (χ4v) is 1.27. The number of nitrogens with two attached hydrogens (primary N) is 1. The van der Waals surface area contributed by atoms with Crippen LogP contribution in [0.25, 0.3) is 0 Å². The number of rotatable bonds is 1. The van der Waals surface area contributed by atoms with E-state index in [9.17, 15) is 8.42 Å². The van der Waals surface area contributed by atoms with Crippen molar-refractivity contribution in [1.82, 2.24) is 0 Å². The first-order valence-corrected chi connectivity index (χ1v) is 4.71. The number of hydrogen-bond donors (Lipinski definition) is 1. The number of benzene rings is 1. The topological polar surface area (TPSA) is 60.2 Å². The minimum absolute atomic E-state index is 0. The van der Waals surface area contributed by atoms with Gasteiger partial charge in [0.05, 0.1) is 4.90 Å². The van der Waals surface area contributed by atoms with Crippen LogP contribution in [-0.4, -0.2) is 8.42 Å². The number of hydrogen-bond acceptors (Lipinski definition) is 2. The van der Waals surface area contributed by atoms with Crippen LogP contribution in [0.2, 0.25) is 5.02 Å². The molecule has 0 aliphatic carbocycles. The summed E-state index contributed by atoms with van der Waals surface area (Å²) in [5.74, 6) is 0. The van der Waals surface area contributed by atoms with E-state index in [1.54, 1.807) is 0 Å². The molecule has 0 amide bonds. The van der Waals surface area contributed by atoms with Gasteiger partial charge < -0.3 is 0 Å². The Kier molecular flexibility index (Phi) is 4.76. The zero-order valence-corrected chi connectivity index (χ0v) is 10.1. The van der Waals surface area contributed by atoms with Gasteiger partial charge in [-0.05, 0) is 24.3 Å². The van der Waals surface area contributed by atoms with Crippen LogP contribution < -0.4 is 34.7 Å². The Morgan fingerprint density at radius 2 is 1.58 bits per heavy atom. The molecule has 0 saturated heterocycles. The Labute approximate surface area is 98.2 Å². The van der Waals surface area contributed by atoms with E-state index >= 15 is 0 Å². The zero-order chi connectivity index (χ0) is 8.48. The molecule has 0 atom stereocenters. The summed E-state index contributed by atoms with van der Waals surface area (Å²) in [6.07, 6.45) is 0. The van der Waals surface area contributed by atoms with E-state index in [0.29, 0.717) is 5.02 Å². The van der Waals surface area contributed by atoms with E-state index in [0.717, 1.165) is 0 Å². The third-order valence-corrected chi connectivity index (χ3v) is 2.32. The molecule has 0 unspecified atom stereocenters. The van der Waals surface area contributed by atoms with Gasteiger partial charge in [-0.25, -0.2) is 13.6 Å². The monoisotopic (exact) mass is 214 g/mol. The van der Waals surface area contributed by atoms with Crippen molar-refractivity contribution in [2.24, 2.45) is 5.14 Å². The Morgan fingerprint density at radius 3 is 1.92 bits per heavy atom.